The first-order chi connectivity index (χ1) is 9.17. The van der Waals surface area contributed by atoms with Crippen molar-refractivity contribution in [3.63, 3.8) is 0 Å². The highest BCUT2D eigenvalue weighted by atomic mass is 35.5. The summed E-state index contributed by atoms with van der Waals surface area (Å²) in [5.41, 5.74) is -0.176. The molecule has 1 heterocycles. The maximum atomic E-state index is 11.8. The van der Waals surface area contributed by atoms with Gasteiger partial charge in [-0.15, -0.1) is 0 Å². The predicted molar refractivity (Wildman–Crippen MR) is 77.5 cm³/mol. The third-order valence-electron chi connectivity index (χ3n) is 2.33. The molecule has 0 saturated carbocycles. The van der Waals surface area contributed by atoms with Crippen LogP contribution in [0.2, 0.25) is 5.02 Å². The van der Waals surface area contributed by atoms with Gasteiger partial charge < -0.3 is 10.1 Å². The first-order valence-electron chi connectivity index (χ1n) is 6.29. The molecule has 0 aliphatic heterocycles. The molecule has 1 amide bonds. The molecule has 6 heteroatoms. The minimum atomic E-state index is -0.873. The van der Waals surface area contributed by atoms with E-state index in [-0.39, 0.29) is 11.8 Å². The summed E-state index contributed by atoms with van der Waals surface area (Å²) in [6, 6.07) is 3.18. The van der Waals surface area contributed by atoms with Gasteiger partial charge in [0.15, 0.2) is 6.10 Å². The van der Waals surface area contributed by atoms with E-state index in [0.29, 0.717) is 10.8 Å². The number of carbonyl (C=O) groups excluding carboxylic acids is 2. The Labute approximate surface area is 123 Å². The Bertz CT molecular complexity index is 480. The van der Waals surface area contributed by atoms with Crippen molar-refractivity contribution in [2.45, 2.75) is 40.2 Å². The molecule has 1 aromatic rings. The van der Waals surface area contributed by atoms with Crippen LogP contribution in [0.3, 0.4) is 0 Å². The van der Waals surface area contributed by atoms with E-state index in [1.165, 1.54) is 13.1 Å². The normalized spacial score (nSPS) is 12.7. The van der Waals surface area contributed by atoms with E-state index in [9.17, 15) is 9.59 Å². The SMILES string of the molecule is C[C@H](OC(=O)CC(C)(C)C)C(=O)Nc1ccc(Cl)cn1. The van der Waals surface area contributed by atoms with Crippen molar-refractivity contribution in [2.24, 2.45) is 5.41 Å². The van der Waals surface area contributed by atoms with E-state index >= 15 is 0 Å². The fourth-order valence-electron chi connectivity index (χ4n) is 1.40. The van der Waals surface area contributed by atoms with E-state index in [4.69, 9.17) is 16.3 Å². The quantitative estimate of drug-likeness (QED) is 0.868. The van der Waals surface area contributed by atoms with E-state index in [1.807, 2.05) is 20.8 Å². The van der Waals surface area contributed by atoms with Crippen LogP contribution < -0.4 is 5.32 Å². The zero-order chi connectivity index (χ0) is 15.3. The number of aromatic nitrogens is 1. The Morgan fingerprint density at radius 3 is 2.55 bits per heavy atom. The molecule has 1 atom stereocenters. The average molecular weight is 299 g/mol. The van der Waals surface area contributed by atoms with Crippen molar-refractivity contribution >= 4 is 29.3 Å². The van der Waals surface area contributed by atoms with Crippen molar-refractivity contribution in [1.29, 1.82) is 0 Å². The Kier molecular flexibility index (Phi) is 5.51. The molecular weight excluding hydrogens is 280 g/mol. The van der Waals surface area contributed by atoms with Crippen LogP contribution in [0.1, 0.15) is 34.1 Å². The molecule has 0 aromatic carbocycles. The number of ether oxygens (including phenoxy) is 1. The molecule has 0 aliphatic carbocycles. The highest BCUT2D eigenvalue weighted by Crippen LogP contribution is 2.19. The lowest BCUT2D eigenvalue weighted by molar-refractivity contribution is -0.154. The average Bonchev–Trinajstić information content (AvgIpc) is 2.29. The van der Waals surface area contributed by atoms with Crippen LogP contribution in [-0.2, 0) is 14.3 Å². The minimum Gasteiger partial charge on any atom is -0.453 e. The number of pyridine rings is 1. The lowest BCUT2D eigenvalue weighted by Crippen LogP contribution is -2.31. The lowest BCUT2D eigenvalue weighted by atomic mass is 9.92. The molecule has 0 unspecified atom stereocenters. The summed E-state index contributed by atoms with van der Waals surface area (Å²) in [4.78, 5) is 27.4. The molecule has 0 radical (unpaired) electrons. The van der Waals surface area contributed by atoms with E-state index in [0.717, 1.165) is 0 Å². The number of hydrogen-bond donors (Lipinski definition) is 1. The van der Waals surface area contributed by atoms with Crippen LogP contribution in [0.5, 0.6) is 0 Å². The molecule has 1 rings (SSSR count). The lowest BCUT2D eigenvalue weighted by Gasteiger charge is -2.19. The summed E-state index contributed by atoms with van der Waals surface area (Å²) < 4.78 is 5.08. The van der Waals surface area contributed by atoms with Crippen molar-refractivity contribution in [2.75, 3.05) is 5.32 Å². The Morgan fingerprint density at radius 1 is 1.40 bits per heavy atom. The fourth-order valence-corrected chi connectivity index (χ4v) is 1.51. The number of nitrogens with one attached hydrogen (secondary N) is 1. The van der Waals surface area contributed by atoms with E-state index < -0.39 is 18.0 Å². The van der Waals surface area contributed by atoms with Gasteiger partial charge in [-0.2, -0.15) is 0 Å². The second kappa shape index (κ2) is 6.70. The van der Waals surface area contributed by atoms with Gasteiger partial charge in [-0.1, -0.05) is 32.4 Å². The molecule has 0 bridgehead atoms. The first-order valence-corrected chi connectivity index (χ1v) is 6.67. The van der Waals surface area contributed by atoms with Gasteiger partial charge in [0, 0.05) is 6.20 Å². The maximum absolute atomic E-state index is 11.8. The molecule has 0 aliphatic rings. The van der Waals surface area contributed by atoms with E-state index in [1.54, 1.807) is 12.1 Å². The predicted octanol–water partition coefficient (Wildman–Crippen LogP) is 3.04. The largest absolute Gasteiger partial charge is 0.453 e. The fraction of sp³-hybridized carbons (Fsp3) is 0.500. The number of esters is 1. The van der Waals surface area contributed by atoms with Gasteiger partial charge in [0.1, 0.15) is 5.82 Å². The summed E-state index contributed by atoms with van der Waals surface area (Å²) in [5.74, 6) is -0.468. The van der Waals surface area contributed by atoms with Crippen LogP contribution in [-0.4, -0.2) is 23.0 Å². The third-order valence-corrected chi connectivity index (χ3v) is 2.55. The number of amides is 1. The summed E-state index contributed by atoms with van der Waals surface area (Å²) in [5, 5.41) is 3.03. The zero-order valence-electron chi connectivity index (χ0n) is 12.1. The summed E-state index contributed by atoms with van der Waals surface area (Å²) in [6.45, 7) is 7.30. The Hall–Kier alpha value is -1.62. The maximum Gasteiger partial charge on any atom is 0.307 e. The second-order valence-corrected chi connectivity index (χ2v) is 6.16. The molecule has 110 valence electrons. The van der Waals surface area contributed by atoms with Gasteiger partial charge in [-0.25, -0.2) is 4.98 Å². The van der Waals surface area contributed by atoms with Gasteiger partial charge in [-0.3, -0.25) is 9.59 Å². The molecule has 0 fully saturated rings. The Balaban J connectivity index is 2.51. The molecule has 1 aromatic heterocycles. The van der Waals surface area contributed by atoms with Crippen LogP contribution >= 0.6 is 11.6 Å². The molecule has 0 spiro atoms. The van der Waals surface area contributed by atoms with Gasteiger partial charge in [-0.05, 0) is 24.5 Å². The van der Waals surface area contributed by atoms with Crippen LogP contribution in [0.4, 0.5) is 5.82 Å². The van der Waals surface area contributed by atoms with Crippen LogP contribution in [0.15, 0.2) is 18.3 Å². The molecule has 0 saturated heterocycles. The number of nitrogens with zero attached hydrogens (tertiary/aromatic N) is 1. The molecule has 20 heavy (non-hydrogen) atoms. The highest BCUT2D eigenvalue weighted by Gasteiger charge is 2.22. The summed E-state index contributed by atoms with van der Waals surface area (Å²) >= 11 is 5.70. The molecule has 5 nitrogen and oxygen atoms in total. The third kappa shape index (κ3) is 6.02. The Morgan fingerprint density at radius 2 is 2.05 bits per heavy atom. The number of anilines is 1. The van der Waals surface area contributed by atoms with E-state index in [2.05, 4.69) is 10.3 Å². The van der Waals surface area contributed by atoms with Gasteiger partial charge in [0.05, 0.1) is 11.4 Å². The van der Waals surface area contributed by atoms with Gasteiger partial charge in [0.2, 0.25) is 0 Å². The number of halogens is 1. The summed E-state index contributed by atoms with van der Waals surface area (Å²) in [6.07, 6.45) is 0.805. The van der Waals surface area contributed by atoms with Crippen molar-refractivity contribution < 1.29 is 14.3 Å². The van der Waals surface area contributed by atoms with Crippen LogP contribution in [0.25, 0.3) is 0 Å². The molecular formula is C14H19ClN2O3. The van der Waals surface area contributed by atoms with Crippen molar-refractivity contribution in [3.8, 4) is 0 Å². The van der Waals surface area contributed by atoms with Crippen molar-refractivity contribution in [1.82, 2.24) is 4.98 Å². The standard InChI is InChI=1S/C14H19ClN2O3/c1-9(20-12(18)7-14(2,3)4)13(19)17-11-6-5-10(15)8-16-11/h5-6,8-9H,7H2,1-4H3,(H,16,17,19)/t9-/m0/s1. The monoisotopic (exact) mass is 298 g/mol. The zero-order valence-corrected chi connectivity index (χ0v) is 12.8. The number of carbonyl (C=O) groups is 2. The first kappa shape index (κ1) is 16.4. The minimum absolute atomic E-state index is 0.176. The topological polar surface area (TPSA) is 68.3 Å². The summed E-state index contributed by atoms with van der Waals surface area (Å²) in [7, 11) is 0. The van der Waals surface area contributed by atoms with Crippen molar-refractivity contribution in [3.05, 3.63) is 23.4 Å². The smallest absolute Gasteiger partial charge is 0.307 e. The van der Waals surface area contributed by atoms with Crippen LogP contribution in [0, 0.1) is 5.41 Å². The number of rotatable bonds is 4. The van der Waals surface area contributed by atoms with Gasteiger partial charge in [0.25, 0.3) is 5.91 Å². The second-order valence-electron chi connectivity index (χ2n) is 5.72. The number of hydrogen-bond acceptors (Lipinski definition) is 4. The highest BCUT2D eigenvalue weighted by molar-refractivity contribution is 6.30. The van der Waals surface area contributed by atoms with Gasteiger partial charge >= 0.3 is 5.97 Å². The molecule has 1 N–H and O–H groups in total.